The van der Waals surface area contributed by atoms with Crippen LogP contribution in [-0.2, 0) is 21.9 Å². The summed E-state index contributed by atoms with van der Waals surface area (Å²) in [5.74, 6) is 0.534. The molecule has 3 rings (SSSR count). The van der Waals surface area contributed by atoms with Crippen LogP contribution in [0.4, 0.5) is 0 Å². The zero-order valence-electron chi connectivity index (χ0n) is 19.7. The van der Waals surface area contributed by atoms with Gasteiger partial charge in [0.1, 0.15) is 6.04 Å². The van der Waals surface area contributed by atoms with Gasteiger partial charge in [0.2, 0.25) is 11.8 Å². The Hall–Kier alpha value is -1.11. The molecule has 1 atom stereocenters. The van der Waals surface area contributed by atoms with Gasteiger partial charge in [-0.25, -0.2) is 0 Å². The summed E-state index contributed by atoms with van der Waals surface area (Å²) in [6.45, 7) is 2.09. The van der Waals surface area contributed by atoms with Crippen molar-refractivity contribution in [3.63, 3.8) is 0 Å². The van der Waals surface area contributed by atoms with Crippen LogP contribution < -0.4 is 5.32 Å². The molecule has 1 saturated carbocycles. The van der Waals surface area contributed by atoms with Crippen LogP contribution >= 0.6 is 58.2 Å². The fourth-order valence-corrected chi connectivity index (χ4v) is 5.98. The van der Waals surface area contributed by atoms with E-state index in [1.165, 1.54) is 18.2 Å². The van der Waals surface area contributed by atoms with Gasteiger partial charge in [0, 0.05) is 33.9 Å². The number of halogens is 4. The zero-order valence-corrected chi connectivity index (χ0v) is 23.5. The Morgan fingerprint density at radius 3 is 2.31 bits per heavy atom. The van der Waals surface area contributed by atoms with Crippen LogP contribution in [-0.4, -0.2) is 34.6 Å². The van der Waals surface area contributed by atoms with Gasteiger partial charge in [-0.3, -0.25) is 9.59 Å². The van der Waals surface area contributed by atoms with E-state index in [-0.39, 0.29) is 30.2 Å². The fourth-order valence-electron chi connectivity index (χ4n) is 4.29. The molecular weight excluding hydrogens is 546 g/mol. The Morgan fingerprint density at radius 2 is 1.69 bits per heavy atom. The van der Waals surface area contributed by atoms with Gasteiger partial charge < -0.3 is 10.2 Å². The number of hydrogen-bond acceptors (Lipinski definition) is 3. The number of rotatable bonds is 10. The molecule has 0 spiro atoms. The maximum Gasteiger partial charge on any atom is 0.243 e. The van der Waals surface area contributed by atoms with E-state index in [0.717, 1.165) is 31.2 Å². The quantitative estimate of drug-likeness (QED) is 0.314. The van der Waals surface area contributed by atoms with Gasteiger partial charge in [0.15, 0.2) is 0 Å². The monoisotopic (exact) mass is 574 g/mol. The van der Waals surface area contributed by atoms with E-state index in [9.17, 15) is 9.59 Å². The third-order valence-corrected chi connectivity index (χ3v) is 8.64. The standard InChI is InChI=1S/C26H30Cl4N2O2S/c1-2-24(26(34)31-18-7-4-3-5-8-18)32(14-19-20(27)9-6-10-21(19)28)25(33)16-35-15-17-11-12-22(29)23(30)13-17/h6,9-13,18,24H,2-5,7-8,14-16H2,1H3,(H,31,34). The molecule has 1 aliphatic carbocycles. The highest BCUT2D eigenvalue weighted by Crippen LogP contribution is 2.29. The molecule has 2 aromatic rings. The first-order valence-electron chi connectivity index (χ1n) is 11.8. The topological polar surface area (TPSA) is 49.4 Å². The molecule has 2 aromatic carbocycles. The lowest BCUT2D eigenvalue weighted by atomic mass is 9.95. The third kappa shape index (κ3) is 8.19. The average molecular weight is 576 g/mol. The number of thioether (sulfide) groups is 1. The first-order chi connectivity index (χ1) is 16.8. The minimum Gasteiger partial charge on any atom is -0.352 e. The van der Waals surface area contributed by atoms with Crippen molar-refractivity contribution in [2.24, 2.45) is 0 Å². The highest BCUT2D eigenvalue weighted by atomic mass is 35.5. The molecule has 0 radical (unpaired) electrons. The maximum atomic E-state index is 13.5. The van der Waals surface area contributed by atoms with E-state index in [0.29, 0.717) is 37.8 Å². The Kier molecular flexibility index (Phi) is 11.4. The summed E-state index contributed by atoms with van der Waals surface area (Å²) in [7, 11) is 0. The molecule has 4 nitrogen and oxygen atoms in total. The molecule has 9 heteroatoms. The Labute approximate surface area is 232 Å². The van der Waals surface area contributed by atoms with Gasteiger partial charge in [0.25, 0.3) is 0 Å². The summed E-state index contributed by atoms with van der Waals surface area (Å²) >= 11 is 26.4. The first-order valence-corrected chi connectivity index (χ1v) is 14.5. The van der Waals surface area contributed by atoms with Gasteiger partial charge in [-0.05, 0) is 49.1 Å². The van der Waals surface area contributed by atoms with Crippen LogP contribution in [0.2, 0.25) is 20.1 Å². The van der Waals surface area contributed by atoms with Gasteiger partial charge >= 0.3 is 0 Å². The van der Waals surface area contributed by atoms with Gasteiger partial charge in [0.05, 0.1) is 15.8 Å². The summed E-state index contributed by atoms with van der Waals surface area (Å²) in [5, 5.41) is 5.11. The molecular formula is C26H30Cl4N2O2S. The number of nitrogens with zero attached hydrogens (tertiary/aromatic N) is 1. The Morgan fingerprint density at radius 1 is 1.00 bits per heavy atom. The minimum absolute atomic E-state index is 0.120. The minimum atomic E-state index is -0.609. The van der Waals surface area contributed by atoms with Crippen molar-refractivity contribution in [2.45, 2.75) is 69.8 Å². The van der Waals surface area contributed by atoms with E-state index in [4.69, 9.17) is 46.4 Å². The number of benzene rings is 2. The van der Waals surface area contributed by atoms with Gasteiger partial charge in [-0.1, -0.05) is 84.7 Å². The SMILES string of the molecule is CCC(C(=O)NC1CCCCC1)N(Cc1c(Cl)cccc1Cl)C(=O)CSCc1ccc(Cl)c(Cl)c1. The summed E-state index contributed by atoms with van der Waals surface area (Å²) < 4.78 is 0. The van der Waals surface area contributed by atoms with Crippen molar-refractivity contribution in [1.82, 2.24) is 10.2 Å². The molecule has 0 aliphatic heterocycles. The van der Waals surface area contributed by atoms with E-state index < -0.39 is 6.04 Å². The maximum absolute atomic E-state index is 13.5. The first kappa shape index (κ1) is 28.5. The Balaban J connectivity index is 1.75. The molecule has 0 bridgehead atoms. The predicted octanol–water partition coefficient (Wildman–Crippen LogP) is 7.79. The molecule has 1 aliphatic rings. The van der Waals surface area contributed by atoms with Crippen molar-refractivity contribution >= 4 is 70.0 Å². The molecule has 0 heterocycles. The molecule has 1 unspecified atom stereocenters. The van der Waals surface area contributed by atoms with Crippen LogP contribution in [0.1, 0.15) is 56.6 Å². The van der Waals surface area contributed by atoms with Crippen molar-refractivity contribution in [2.75, 3.05) is 5.75 Å². The van der Waals surface area contributed by atoms with Crippen LogP contribution in [0, 0.1) is 0 Å². The fraction of sp³-hybridized carbons (Fsp3) is 0.462. The number of nitrogens with one attached hydrogen (secondary N) is 1. The van der Waals surface area contributed by atoms with Crippen molar-refractivity contribution in [1.29, 1.82) is 0 Å². The second-order valence-electron chi connectivity index (χ2n) is 8.73. The van der Waals surface area contributed by atoms with E-state index in [1.54, 1.807) is 35.2 Å². The molecule has 1 fully saturated rings. The lowest BCUT2D eigenvalue weighted by molar-refractivity contribution is -0.139. The van der Waals surface area contributed by atoms with Crippen LogP contribution in [0.15, 0.2) is 36.4 Å². The predicted molar refractivity (Wildman–Crippen MR) is 149 cm³/mol. The summed E-state index contributed by atoms with van der Waals surface area (Å²) in [6, 6.07) is 10.2. The van der Waals surface area contributed by atoms with Crippen LogP contribution in [0.5, 0.6) is 0 Å². The Bertz CT molecular complexity index is 1010. The smallest absolute Gasteiger partial charge is 0.243 e. The molecule has 2 amide bonds. The zero-order chi connectivity index (χ0) is 25.4. The lowest BCUT2D eigenvalue weighted by Crippen LogP contribution is -2.52. The normalized spacial score (nSPS) is 15.0. The number of carbonyl (C=O) groups excluding carboxylic acids is 2. The number of carbonyl (C=O) groups is 2. The second-order valence-corrected chi connectivity index (χ2v) is 11.3. The summed E-state index contributed by atoms with van der Waals surface area (Å²) in [4.78, 5) is 28.4. The molecule has 0 saturated heterocycles. The van der Waals surface area contributed by atoms with E-state index in [2.05, 4.69) is 5.32 Å². The highest BCUT2D eigenvalue weighted by molar-refractivity contribution is 7.99. The van der Waals surface area contributed by atoms with E-state index in [1.807, 2.05) is 13.0 Å². The van der Waals surface area contributed by atoms with Crippen LogP contribution in [0.3, 0.4) is 0 Å². The van der Waals surface area contributed by atoms with Crippen molar-refractivity contribution in [3.05, 3.63) is 67.6 Å². The van der Waals surface area contributed by atoms with Crippen molar-refractivity contribution < 1.29 is 9.59 Å². The average Bonchev–Trinajstić information content (AvgIpc) is 2.83. The number of amides is 2. The largest absolute Gasteiger partial charge is 0.352 e. The molecule has 0 aromatic heterocycles. The van der Waals surface area contributed by atoms with Gasteiger partial charge in [-0.2, -0.15) is 0 Å². The highest BCUT2D eigenvalue weighted by Gasteiger charge is 2.31. The summed E-state index contributed by atoms with van der Waals surface area (Å²) in [5.41, 5.74) is 1.61. The third-order valence-electron chi connectivity index (χ3n) is 6.21. The number of hydrogen-bond donors (Lipinski definition) is 1. The molecule has 35 heavy (non-hydrogen) atoms. The van der Waals surface area contributed by atoms with Gasteiger partial charge in [-0.15, -0.1) is 11.8 Å². The lowest BCUT2D eigenvalue weighted by Gasteiger charge is -2.33. The molecule has 190 valence electrons. The molecule has 1 N–H and O–H groups in total. The second kappa shape index (κ2) is 14.0. The summed E-state index contributed by atoms with van der Waals surface area (Å²) in [6.07, 6.45) is 5.88. The van der Waals surface area contributed by atoms with E-state index >= 15 is 0 Å². The van der Waals surface area contributed by atoms with Crippen LogP contribution in [0.25, 0.3) is 0 Å². The van der Waals surface area contributed by atoms with Crippen molar-refractivity contribution in [3.8, 4) is 0 Å².